The molecule has 2 atom stereocenters. The first-order chi connectivity index (χ1) is 18.8. The highest BCUT2D eigenvalue weighted by Crippen LogP contribution is 2.29. The molecule has 10 heteroatoms. The van der Waals surface area contributed by atoms with Crippen molar-refractivity contribution in [2.75, 3.05) is 39.8 Å². The van der Waals surface area contributed by atoms with Gasteiger partial charge in [0.1, 0.15) is 5.58 Å². The lowest BCUT2D eigenvalue weighted by molar-refractivity contribution is 0.0366. The fourth-order valence-electron chi connectivity index (χ4n) is 5.80. The molecule has 0 aliphatic carbocycles. The lowest BCUT2D eigenvalue weighted by Crippen LogP contribution is -2.51. The van der Waals surface area contributed by atoms with Gasteiger partial charge in [0.2, 0.25) is 10.0 Å². The number of piperidine rings is 1. The molecule has 1 saturated heterocycles. The summed E-state index contributed by atoms with van der Waals surface area (Å²) in [6.45, 7) is 4.54. The number of hydrogen-bond donors (Lipinski definition) is 1. The average molecular weight is 556 g/mol. The summed E-state index contributed by atoms with van der Waals surface area (Å²) in [4.78, 5) is 16.4. The van der Waals surface area contributed by atoms with Gasteiger partial charge in [-0.05, 0) is 61.4 Å². The van der Waals surface area contributed by atoms with Crippen molar-refractivity contribution in [2.24, 2.45) is 0 Å². The van der Waals surface area contributed by atoms with Crippen molar-refractivity contribution in [1.82, 2.24) is 14.1 Å². The number of carbonyl (C=O) groups excluding carboxylic acids is 1. The van der Waals surface area contributed by atoms with Crippen LogP contribution in [0, 0.1) is 0 Å². The standard InChI is InChI=1S/C29H37N3O6S/c1-3-37-29(34)32-16-13-26-21(18-32)7-6-10-28(26)39(35,36)30(2)19-23-17-24(33)12-15-31(23)14-11-22-20-38-27-9-5-4-8-25(22)27/h4-10,20,23-24,33H,3,11-19H2,1-2H3. The summed E-state index contributed by atoms with van der Waals surface area (Å²) in [6.07, 6.45) is 3.39. The van der Waals surface area contributed by atoms with Gasteiger partial charge in [-0.3, -0.25) is 4.90 Å². The molecule has 1 N–H and O–H groups in total. The number of aliphatic hydroxyl groups excluding tert-OH is 1. The molecule has 2 aliphatic rings. The molecule has 39 heavy (non-hydrogen) atoms. The number of rotatable bonds is 8. The Kier molecular flexibility index (Phi) is 8.27. The third-order valence-corrected chi connectivity index (χ3v) is 9.85. The van der Waals surface area contributed by atoms with Gasteiger partial charge in [-0.1, -0.05) is 30.3 Å². The summed E-state index contributed by atoms with van der Waals surface area (Å²) in [5, 5.41) is 11.5. The van der Waals surface area contributed by atoms with Crippen molar-refractivity contribution < 1.29 is 27.5 Å². The van der Waals surface area contributed by atoms with Crippen LogP contribution in [0.15, 0.2) is 58.0 Å². The Hall–Kier alpha value is -2.92. The van der Waals surface area contributed by atoms with Gasteiger partial charge in [0.05, 0.1) is 23.9 Å². The molecule has 210 valence electrons. The Labute approximate surface area is 230 Å². The summed E-state index contributed by atoms with van der Waals surface area (Å²) < 4.78 is 39.8. The van der Waals surface area contributed by atoms with Crippen molar-refractivity contribution in [2.45, 2.75) is 56.2 Å². The van der Waals surface area contributed by atoms with Crippen molar-refractivity contribution in [3.8, 4) is 0 Å². The zero-order valence-corrected chi connectivity index (χ0v) is 23.4. The number of benzene rings is 2. The normalized spacial score (nSPS) is 20.4. The number of nitrogens with zero attached hydrogens (tertiary/aromatic N) is 3. The number of amides is 1. The second-order valence-electron chi connectivity index (χ2n) is 10.4. The van der Waals surface area contributed by atoms with Crippen LogP contribution < -0.4 is 0 Å². The van der Waals surface area contributed by atoms with Crippen molar-refractivity contribution in [3.63, 3.8) is 0 Å². The number of hydrogen-bond acceptors (Lipinski definition) is 7. The summed E-state index contributed by atoms with van der Waals surface area (Å²) in [6, 6.07) is 13.1. The largest absolute Gasteiger partial charge is 0.464 e. The predicted molar refractivity (Wildman–Crippen MR) is 148 cm³/mol. The van der Waals surface area contributed by atoms with E-state index in [1.54, 1.807) is 37.3 Å². The van der Waals surface area contributed by atoms with Gasteiger partial charge < -0.3 is 19.2 Å². The quantitative estimate of drug-likeness (QED) is 0.453. The molecule has 0 saturated carbocycles. The maximum absolute atomic E-state index is 13.8. The van der Waals surface area contributed by atoms with Crippen molar-refractivity contribution in [3.05, 3.63) is 65.4 Å². The second-order valence-corrected chi connectivity index (χ2v) is 12.4. The lowest BCUT2D eigenvalue weighted by atomic mass is 9.98. The molecular formula is C29H37N3O6S. The molecule has 0 radical (unpaired) electrons. The summed E-state index contributed by atoms with van der Waals surface area (Å²) in [5.41, 5.74) is 3.58. The number of aliphatic hydroxyl groups is 1. The van der Waals surface area contributed by atoms with Crippen LogP contribution in [0.2, 0.25) is 0 Å². The Balaban J connectivity index is 1.30. The molecule has 1 fully saturated rings. The van der Waals surface area contributed by atoms with E-state index >= 15 is 0 Å². The number of para-hydroxylation sites is 1. The Morgan fingerprint density at radius 3 is 2.82 bits per heavy atom. The van der Waals surface area contributed by atoms with E-state index in [1.807, 2.05) is 24.3 Å². The van der Waals surface area contributed by atoms with Gasteiger partial charge >= 0.3 is 6.09 Å². The highest BCUT2D eigenvalue weighted by molar-refractivity contribution is 7.89. The van der Waals surface area contributed by atoms with Crippen LogP contribution in [-0.4, -0.2) is 85.7 Å². The first kappa shape index (κ1) is 27.6. The summed E-state index contributed by atoms with van der Waals surface area (Å²) in [7, 11) is -2.16. The van der Waals surface area contributed by atoms with Crippen molar-refractivity contribution >= 4 is 27.1 Å². The molecule has 5 rings (SSSR count). The number of carbonyl (C=O) groups is 1. The minimum Gasteiger partial charge on any atom is -0.464 e. The van der Waals surface area contributed by atoms with E-state index in [0.29, 0.717) is 50.4 Å². The van der Waals surface area contributed by atoms with E-state index in [0.717, 1.165) is 40.6 Å². The van der Waals surface area contributed by atoms with Crippen LogP contribution in [0.1, 0.15) is 36.5 Å². The number of ether oxygens (including phenoxy) is 1. The van der Waals surface area contributed by atoms with Crippen LogP contribution in [0.3, 0.4) is 0 Å². The third kappa shape index (κ3) is 5.84. The maximum Gasteiger partial charge on any atom is 0.410 e. The van der Waals surface area contributed by atoms with Gasteiger partial charge in [0.25, 0.3) is 0 Å². The molecule has 2 unspecified atom stereocenters. The molecule has 0 bridgehead atoms. The zero-order chi connectivity index (χ0) is 27.6. The Morgan fingerprint density at radius 1 is 1.18 bits per heavy atom. The molecule has 1 aromatic heterocycles. The first-order valence-corrected chi connectivity index (χ1v) is 15.1. The molecule has 3 aromatic rings. The molecule has 9 nitrogen and oxygen atoms in total. The molecule has 1 amide bonds. The molecule has 2 aromatic carbocycles. The topological polar surface area (TPSA) is 104 Å². The Morgan fingerprint density at radius 2 is 2.00 bits per heavy atom. The van der Waals surface area contributed by atoms with E-state index in [1.165, 1.54) is 4.31 Å². The van der Waals surface area contributed by atoms with E-state index in [-0.39, 0.29) is 18.7 Å². The van der Waals surface area contributed by atoms with Gasteiger partial charge in [-0.15, -0.1) is 0 Å². The summed E-state index contributed by atoms with van der Waals surface area (Å²) >= 11 is 0. The number of sulfonamides is 1. The number of furan rings is 1. The summed E-state index contributed by atoms with van der Waals surface area (Å²) in [5.74, 6) is 0. The minimum atomic E-state index is -3.78. The SMILES string of the molecule is CCOC(=O)N1CCc2c(cccc2S(=O)(=O)N(C)CC2CC(O)CCN2CCc2coc3ccccc23)C1. The third-order valence-electron chi connectivity index (χ3n) is 7.94. The number of fused-ring (bicyclic) bond motifs is 2. The second kappa shape index (κ2) is 11.7. The van der Waals surface area contributed by atoms with E-state index < -0.39 is 16.1 Å². The van der Waals surface area contributed by atoms with Crippen LogP contribution in [0.4, 0.5) is 4.79 Å². The predicted octanol–water partition coefficient (Wildman–Crippen LogP) is 3.64. The van der Waals surface area contributed by atoms with Crippen LogP contribution in [-0.2, 0) is 34.1 Å². The minimum absolute atomic E-state index is 0.106. The fourth-order valence-corrected chi connectivity index (χ4v) is 7.30. The molecule has 3 heterocycles. The average Bonchev–Trinajstić information content (AvgIpc) is 3.35. The van der Waals surface area contributed by atoms with Gasteiger partial charge in [0.15, 0.2) is 0 Å². The zero-order valence-electron chi connectivity index (χ0n) is 22.6. The van der Waals surface area contributed by atoms with Gasteiger partial charge in [0, 0.05) is 51.2 Å². The maximum atomic E-state index is 13.8. The lowest BCUT2D eigenvalue weighted by Gasteiger charge is -2.39. The Bertz CT molecular complexity index is 1420. The molecular weight excluding hydrogens is 518 g/mol. The van der Waals surface area contributed by atoms with E-state index in [9.17, 15) is 18.3 Å². The first-order valence-electron chi connectivity index (χ1n) is 13.6. The van der Waals surface area contributed by atoms with Crippen LogP contribution >= 0.6 is 0 Å². The number of likely N-dealkylation sites (N-methyl/N-ethyl adjacent to an activating group) is 1. The van der Waals surface area contributed by atoms with Crippen molar-refractivity contribution in [1.29, 1.82) is 0 Å². The van der Waals surface area contributed by atoms with E-state index in [4.69, 9.17) is 9.15 Å². The fraction of sp³-hybridized carbons (Fsp3) is 0.483. The van der Waals surface area contributed by atoms with Crippen LogP contribution in [0.25, 0.3) is 11.0 Å². The molecule has 2 aliphatic heterocycles. The van der Waals surface area contributed by atoms with Gasteiger partial charge in [-0.25, -0.2) is 13.2 Å². The smallest absolute Gasteiger partial charge is 0.410 e. The number of likely N-dealkylation sites (tertiary alicyclic amines) is 1. The molecule has 0 spiro atoms. The van der Waals surface area contributed by atoms with Crippen LogP contribution in [0.5, 0.6) is 0 Å². The highest BCUT2D eigenvalue weighted by atomic mass is 32.2. The van der Waals surface area contributed by atoms with E-state index in [2.05, 4.69) is 11.0 Å². The van der Waals surface area contributed by atoms with Gasteiger partial charge in [-0.2, -0.15) is 4.31 Å². The monoisotopic (exact) mass is 555 g/mol. The highest BCUT2D eigenvalue weighted by Gasteiger charge is 2.34.